The number of fused-ring (bicyclic) bond motifs is 5. The Bertz CT molecular complexity index is 1270. The molecular weight excluding hydrogens is 430 g/mol. The first-order valence-electron chi connectivity index (χ1n) is 10.2. The second-order valence-electron chi connectivity index (χ2n) is 7.61. The molecule has 1 atom stereocenters. The fraction of sp³-hybridized carbons (Fsp3) is 0.167. The van der Waals surface area contributed by atoms with Crippen molar-refractivity contribution in [1.29, 1.82) is 0 Å². The highest BCUT2D eigenvalue weighted by atomic mass is 35.5. The van der Waals surface area contributed by atoms with Crippen LogP contribution in [0.2, 0.25) is 5.02 Å². The van der Waals surface area contributed by atoms with Gasteiger partial charge in [0.2, 0.25) is 5.43 Å². The Balaban J connectivity index is 1.80. The van der Waals surface area contributed by atoms with E-state index in [2.05, 4.69) is 0 Å². The van der Waals surface area contributed by atoms with Gasteiger partial charge in [-0.3, -0.25) is 19.3 Å². The van der Waals surface area contributed by atoms with Crippen LogP contribution in [0, 0.1) is 0 Å². The number of halogens is 1. The van der Waals surface area contributed by atoms with Gasteiger partial charge in [-0.15, -0.1) is 0 Å². The second-order valence-corrected chi connectivity index (χ2v) is 8.04. The number of hydrogen-bond donors (Lipinski definition) is 1. The van der Waals surface area contributed by atoms with Crippen LogP contribution in [0.3, 0.4) is 0 Å². The number of aromatic hydroxyl groups is 1. The molecule has 32 heavy (non-hydrogen) atoms. The fourth-order valence-electron chi connectivity index (χ4n) is 4.15. The van der Waals surface area contributed by atoms with Crippen LogP contribution >= 0.6 is 11.6 Å². The van der Waals surface area contributed by atoms with E-state index in [0.29, 0.717) is 23.9 Å². The van der Waals surface area contributed by atoms with Crippen molar-refractivity contribution in [3.05, 3.63) is 105 Å². The van der Waals surface area contributed by atoms with E-state index in [1.54, 1.807) is 21.7 Å². The van der Waals surface area contributed by atoms with Crippen molar-refractivity contribution in [3.63, 3.8) is 0 Å². The summed E-state index contributed by atoms with van der Waals surface area (Å²) in [5.41, 5.74) is 1.13. The van der Waals surface area contributed by atoms with E-state index in [9.17, 15) is 14.7 Å². The molecule has 7 nitrogen and oxygen atoms in total. The van der Waals surface area contributed by atoms with Crippen LogP contribution < -0.4 is 15.2 Å². The fourth-order valence-corrected chi connectivity index (χ4v) is 4.31. The quantitative estimate of drug-likeness (QED) is 0.577. The smallest absolute Gasteiger partial charge is 0.278 e. The maximum atomic E-state index is 13.2. The van der Waals surface area contributed by atoms with E-state index >= 15 is 0 Å². The van der Waals surface area contributed by atoms with Crippen molar-refractivity contribution in [1.82, 2.24) is 9.58 Å². The SMILES string of the molecule is O=C1c2c(O)c(=O)ccn2N2CN1C/C=C\COc1cc(Cl)ccc1C2c1ccccc1. The Morgan fingerprint density at radius 1 is 1.03 bits per heavy atom. The standard InChI is InChI=1S/C24H20ClN3O4/c25-17-8-9-18-20(14-17)32-13-5-4-11-26-15-28(21(18)16-6-2-1-3-7-16)27-12-10-19(29)23(30)22(27)24(26)31/h1-10,12,14,21,30H,11,13,15H2/b5-4-. The Kier molecular flexibility index (Phi) is 5.11. The molecule has 162 valence electrons. The molecule has 0 saturated carbocycles. The molecule has 0 radical (unpaired) electrons. The van der Waals surface area contributed by atoms with E-state index in [4.69, 9.17) is 16.3 Å². The van der Waals surface area contributed by atoms with Crippen molar-refractivity contribution in [2.24, 2.45) is 0 Å². The van der Waals surface area contributed by atoms with Gasteiger partial charge >= 0.3 is 0 Å². The molecule has 1 N–H and O–H groups in total. The molecule has 2 aliphatic rings. The normalized spacial score (nSPS) is 18.8. The summed E-state index contributed by atoms with van der Waals surface area (Å²) < 4.78 is 7.61. The number of ether oxygens (including phenoxy) is 1. The zero-order valence-corrected chi connectivity index (χ0v) is 17.8. The molecule has 2 aromatic carbocycles. The molecule has 2 bridgehead atoms. The highest BCUT2D eigenvalue weighted by Crippen LogP contribution is 2.38. The lowest BCUT2D eigenvalue weighted by Crippen LogP contribution is -2.55. The lowest BCUT2D eigenvalue weighted by molar-refractivity contribution is 0.0701. The van der Waals surface area contributed by atoms with Gasteiger partial charge in [0, 0.05) is 29.4 Å². The van der Waals surface area contributed by atoms with Crippen molar-refractivity contribution in [2.45, 2.75) is 6.04 Å². The average Bonchev–Trinajstić information content (AvgIpc) is 2.82. The number of nitrogens with zero attached hydrogens (tertiary/aromatic N) is 3. The summed E-state index contributed by atoms with van der Waals surface area (Å²) in [5, 5.41) is 13.0. The van der Waals surface area contributed by atoms with Gasteiger partial charge in [0.15, 0.2) is 11.4 Å². The lowest BCUT2D eigenvalue weighted by atomic mass is 9.97. The molecule has 1 unspecified atom stereocenters. The van der Waals surface area contributed by atoms with Crippen LogP contribution in [0.1, 0.15) is 27.7 Å². The Morgan fingerprint density at radius 3 is 2.66 bits per heavy atom. The van der Waals surface area contributed by atoms with E-state index in [1.165, 1.54) is 12.3 Å². The Morgan fingerprint density at radius 2 is 1.84 bits per heavy atom. The number of carbonyl (C=O) groups is 1. The van der Waals surface area contributed by atoms with Crippen molar-refractivity contribution in [2.75, 3.05) is 24.8 Å². The minimum atomic E-state index is -0.599. The molecule has 3 aromatic rings. The van der Waals surface area contributed by atoms with Crippen molar-refractivity contribution >= 4 is 17.5 Å². The zero-order chi connectivity index (χ0) is 22.2. The van der Waals surface area contributed by atoms with Crippen LogP contribution in [-0.4, -0.2) is 40.4 Å². The van der Waals surface area contributed by atoms with Gasteiger partial charge in [0.25, 0.3) is 5.91 Å². The molecule has 0 aliphatic carbocycles. The Labute approximate surface area is 189 Å². The lowest BCUT2D eigenvalue weighted by Gasteiger charge is -2.43. The largest absolute Gasteiger partial charge is 0.502 e. The number of benzene rings is 2. The van der Waals surface area contributed by atoms with Gasteiger partial charge in [-0.25, -0.2) is 0 Å². The summed E-state index contributed by atoms with van der Waals surface area (Å²) >= 11 is 6.28. The third kappa shape index (κ3) is 3.40. The van der Waals surface area contributed by atoms with Gasteiger partial charge < -0.3 is 14.7 Å². The predicted molar refractivity (Wildman–Crippen MR) is 121 cm³/mol. The van der Waals surface area contributed by atoms with Crippen molar-refractivity contribution in [3.8, 4) is 11.5 Å². The minimum absolute atomic E-state index is 0.0613. The van der Waals surface area contributed by atoms with E-state index in [-0.39, 0.29) is 12.4 Å². The average molecular weight is 450 g/mol. The van der Waals surface area contributed by atoms with Crippen LogP contribution in [-0.2, 0) is 0 Å². The highest BCUT2D eigenvalue weighted by molar-refractivity contribution is 6.30. The molecule has 0 saturated heterocycles. The number of pyridine rings is 1. The minimum Gasteiger partial charge on any atom is -0.502 e. The first kappa shape index (κ1) is 20.2. The maximum absolute atomic E-state index is 13.2. The van der Waals surface area contributed by atoms with Gasteiger partial charge in [-0.1, -0.05) is 54.1 Å². The molecule has 0 spiro atoms. The van der Waals surface area contributed by atoms with Gasteiger partial charge in [-0.2, -0.15) is 0 Å². The highest BCUT2D eigenvalue weighted by Gasteiger charge is 2.37. The molecule has 3 heterocycles. The van der Waals surface area contributed by atoms with Crippen LogP contribution in [0.15, 0.2) is 77.7 Å². The van der Waals surface area contributed by atoms with E-state index in [1.807, 2.05) is 53.6 Å². The summed E-state index contributed by atoms with van der Waals surface area (Å²) in [6, 6.07) is 16.1. The zero-order valence-electron chi connectivity index (χ0n) is 17.0. The van der Waals surface area contributed by atoms with Crippen LogP contribution in [0.4, 0.5) is 0 Å². The molecule has 0 fully saturated rings. The van der Waals surface area contributed by atoms with Crippen LogP contribution in [0.25, 0.3) is 0 Å². The summed E-state index contributed by atoms with van der Waals surface area (Å²) in [7, 11) is 0. The molecule has 2 aliphatic heterocycles. The summed E-state index contributed by atoms with van der Waals surface area (Å²) in [6.45, 7) is 0.854. The van der Waals surface area contributed by atoms with Crippen LogP contribution in [0.5, 0.6) is 11.5 Å². The second kappa shape index (κ2) is 8.09. The Hall–Kier alpha value is -3.71. The third-order valence-corrected chi connectivity index (χ3v) is 5.88. The maximum Gasteiger partial charge on any atom is 0.278 e. The topological polar surface area (TPSA) is 75.0 Å². The number of aromatic nitrogens is 1. The molecule has 1 aromatic heterocycles. The molecule has 1 amide bonds. The number of hydrogen-bond acceptors (Lipinski definition) is 5. The number of carbonyl (C=O) groups excluding carboxylic acids is 1. The van der Waals surface area contributed by atoms with Gasteiger partial charge in [0.05, 0.1) is 0 Å². The molecule has 5 rings (SSSR count). The van der Waals surface area contributed by atoms with E-state index in [0.717, 1.165) is 11.1 Å². The van der Waals surface area contributed by atoms with E-state index < -0.39 is 23.1 Å². The predicted octanol–water partition coefficient (Wildman–Crippen LogP) is 3.30. The summed E-state index contributed by atoms with van der Waals surface area (Å²) in [4.78, 5) is 26.9. The van der Waals surface area contributed by atoms with Gasteiger partial charge in [-0.05, 0) is 23.8 Å². The first-order chi connectivity index (χ1) is 15.5. The molecule has 8 heteroatoms. The number of amides is 1. The monoisotopic (exact) mass is 449 g/mol. The van der Waals surface area contributed by atoms with Crippen molar-refractivity contribution < 1.29 is 14.6 Å². The summed E-state index contributed by atoms with van der Waals surface area (Å²) in [5.74, 6) is -0.358. The molecular formula is C24H20ClN3O4. The third-order valence-electron chi connectivity index (χ3n) is 5.65. The first-order valence-corrected chi connectivity index (χ1v) is 10.6. The van der Waals surface area contributed by atoms with Gasteiger partial charge in [0.1, 0.15) is 25.1 Å². The summed E-state index contributed by atoms with van der Waals surface area (Å²) in [6.07, 6.45) is 5.18. The number of rotatable bonds is 1.